The number of benzene rings is 2. The fourth-order valence-corrected chi connectivity index (χ4v) is 4.31. The number of nitrogens with zero attached hydrogens (tertiary/aromatic N) is 3. The van der Waals surface area contributed by atoms with Crippen LogP contribution in [0.1, 0.15) is 37.8 Å². The van der Waals surface area contributed by atoms with E-state index in [4.69, 9.17) is 30.3 Å². The van der Waals surface area contributed by atoms with Crippen LogP contribution in [0.25, 0.3) is 17.0 Å². The van der Waals surface area contributed by atoms with Gasteiger partial charge in [-0.2, -0.15) is 4.98 Å². The van der Waals surface area contributed by atoms with Crippen LogP contribution in [-0.2, 0) is 4.74 Å². The highest BCUT2D eigenvalue weighted by atomic mass is 35.5. The molecule has 2 aromatic carbocycles. The summed E-state index contributed by atoms with van der Waals surface area (Å²) in [7, 11) is 0. The van der Waals surface area contributed by atoms with Crippen LogP contribution in [0.2, 0.25) is 5.02 Å². The molecule has 0 saturated heterocycles. The van der Waals surface area contributed by atoms with Crippen molar-refractivity contribution in [2.75, 3.05) is 26.6 Å². The number of hydrogen-bond acceptors (Lipinski definition) is 7. The molecule has 3 aromatic rings. The van der Waals surface area contributed by atoms with Crippen LogP contribution >= 0.6 is 11.6 Å². The molecule has 2 aliphatic heterocycles. The first-order valence-electron chi connectivity index (χ1n) is 11.4. The third kappa shape index (κ3) is 4.69. The zero-order valence-electron chi connectivity index (χ0n) is 19.4. The zero-order valence-corrected chi connectivity index (χ0v) is 20.2. The molecular weight excluding hydrogens is 472 g/mol. The Morgan fingerprint density at radius 2 is 1.97 bits per heavy atom. The Morgan fingerprint density at radius 1 is 1.17 bits per heavy atom. The number of amides is 2. The van der Waals surface area contributed by atoms with Gasteiger partial charge in [0.25, 0.3) is 5.89 Å². The number of allylic oxidation sites excluding steroid dienone is 1. The van der Waals surface area contributed by atoms with Crippen LogP contribution in [0.5, 0.6) is 11.5 Å². The Hall–Kier alpha value is -3.56. The summed E-state index contributed by atoms with van der Waals surface area (Å²) in [5, 5.41) is 7.90. The van der Waals surface area contributed by atoms with Gasteiger partial charge in [0.1, 0.15) is 0 Å². The van der Waals surface area contributed by atoms with Crippen molar-refractivity contribution in [3.63, 3.8) is 0 Å². The first-order valence-corrected chi connectivity index (χ1v) is 11.8. The number of hydrogen-bond donors (Lipinski definition) is 1. The number of ether oxygens (including phenoxy) is 3. The normalized spacial score (nSPS) is 17.2. The Labute approximate surface area is 207 Å². The monoisotopic (exact) mass is 496 g/mol. The molecule has 1 N–H and O–H groups in total. The third-order valence-corrected chi connectivity index (χ3v) is 6.21. The lowest BCUT2D eigenvalue weighted by Crippen LogP contribution is -2.46. The van der Waals surface area contributed by atoms with Crippen LogP contribution in [0, 0.1) is 0 Å². The van der Waals surface area contributed by atoms with Crippen molar-refractivity contribution in [3.05, 3.63) is 64.6 Å². The summed E-state index contributed by atoms with van der Waals surface area (Å²) in [6.45, 7) is 5.72. The van der Waals surface area contributed by atoms with E-state index in [1.54, 1.807) is 17.0 Å². The molecule has 1 aromatic heterocycles. The standard InChI is InChI=1S/C25H25ClN4O5/c1-3-32-12-4-11-30-15(2)21(22(27-25(30)31)16-5-8-18(26)9-6-16)24-28-23(29-35-24)17-7-10-19-20(13-17)34-14-33-19/h5-10,13,22H,3-4,11-12,14H2,1-2H3,(H,27,31). The predicted octanol–water partition coefficient (Wildman–Crippen LogP) is 5.04. The van der Waals surface area contributed by atoms with Gasteiger partial charge in [-0.15, -0.1) is 0 Å². The molecule has 35 heavy (non-hydrogen) atoms. The highest BCUT2D eigenvalue weighted by molar-refractivity contribution is 6.30. The van der Waals surface area contributed by atoms with Gasteiger partial charge in [-0.3, -0.25) is 4.90 Å². The molecule has 0 bridgehead atoms. The SMILES string of the molecule is CCOCCCN1C(=O)NC(c2ccc(Cl)cc2)C(c2nc(-c3ccc4c(c3)OCO4)no2)=C1C. The molecule has 2 amide bonds. The quantitative estimate of drug-likeness (QED) is 0.436. The highest BCUT2D eigenvalue weighted by Gasteiger charge is 2.35. The summed E-state index contributed by atoms with van der Waals surface area (Å²) >= 11 is 6.10. The number of halogens is 1. The van der Waals surface area contributed by atoms with Gasteiger partial charge in [0.05, 0.1) is 11.6 Å². The van der Waals surface area contributed by atoms with E-state index in [0.29, 0.717) is 54.4 Å². The molecule has 5 rings (SSSR count). The summed E-state index contributed by atoms with van der Waals surface area (Å²) in [4.78, 5) is 19.4. The molecule has 182 valence electrons. The van der Waals surface area contributed by atoms with E-state index in [0.717, 1.165) is 22.4 Å². The highest BCUT2D eigenvalue weighted by Crippen LogP contribution is 2.39. The number of urea groups is 1. The molecule has 0 radical (unpaired) electrons. The molecule has 2 aliphatic rings. The molecule has 9 nitrogen and oxygen atoms in total. The molecule has 1 unspecified atom stereocenters. The van der Waals surface area contributed by atoms with Crippen molar-refractivity contribution in [2.24, 2.45) is 0 Å². The van der Waals surface area contributed by atoms with E-state index in [1.165, 1.54) is 0 Å². The van der Waals surface area contributed by atoms with Gasteiger partial charge in [-0.1, -0.05) is 28.9 Å². The summed E-state index contributed by atoms with van der Waals surface area (Å²) in [5.41, 5.74) is 3.06. The van der Waals surface area contributed by atoms with Crippen molar-refractivity contribution < 1.29 is 23.5 Å². The summed E-state index contributed by atoms with van der Waals surface area (Å²) in [6.07, 6.45) is 0.698. The number of aromatic nitrogens is 2. The minimum absolute atomic E-state index is 0.184. The van der Waals surface area contributed by atoms with Gasteiger partial charge in [-0.25, -0.2) is 4.79 Å². The molecule has 0 spiro atoms. The first-order chi connectivity index (χ1) is 17.0. The lowest BCUT2D eigenvalue weighted by molar-refractivity contribution is 0.136. The Balaban J connectivity index is 1.51. The Kier molecular flexibility index (Phi) is 6.61. The fourth-order valence-electron chi connectivity index (χ4n) is 4.19. The number of carbonyl (C=O) groups excluding carboxylic acids is 1. The number of carbonyl (C=O) groups is 1. The van der Waals surface area contributed by atoms with E-state index in [2.05, 4.69) is 15.5 Å². The fraction of sp³-hybridized carbons (Fsp3) is 0.320. The van der Waals surface area contributed by atoms with Gasteiger partial charge in [-0.05, 0) is 56.2 Å². The van der Waals surface area contributed by atoms with Crippen LogP contribution < -0.4 is 14.8 Å². The van der Waals surface area contributed by atoms with Crippen molar-refractivity contribution in [1.29, 1.82) is 0 Å². The third-order valence-electron chi connectivity index (χ3n) is 5.96. The maximum Gasteiger partial charge on any atom is 0.322 e. The van der Waals surface area contributed by atoms with Crippen LogP contribution in [0.3, 0.4) is 0 Å². The number of fused-ring (bicyclic) bond motifs is 1. The summed E-state index contributed by atoms with van der Waals surface area (Å²) < 4.78 is 22.0. The topological polar surface area (TPSA) is 99.0 Å². The molecule has 0 aliphatic carbocycles. The van der Waals surface area contributed by atoms with E-state index in [9.17, 15) is 4.79 Å². The van der Waals surface area contributed by atoms with Gasteiger partial charge < -0.3 is 24.1 Å². The second-order valence-electron chi connectivity index (χ2n) is 8.13. The van der Waals surface area contributed by atoms with Gasteiger partial charge in [0.2, 0.25) is 12.6 Å². The average Bonchev–Trinajstić information content (AvgIpc) is 3.53. The molecule has 0 saturated carbocycles. The van der Waals surface area contributed by atoms with E-state index in [-0.39, 0.29) is 12.8 Å². The molecular formula is C25H25ClN4O5. The maximum atomic E-state index is 13.1. The lowest BCUT2D eigenvalue weighted by Gasteiger charge is -2.35. The lowest BCUT2D eigenvalue weighted by atomic mass is 9.94. The van der Waals surface area contributed by atoms with Crippen molar-refractivity contribution in [2.45, 2.75) is 26.3 Å². The first kappa shape index (κ1) is 23.2. The Morgan fingerprint density at radius 3 is 2.77 bits per heavy atom. The molecule has 0 fully saturated rings. The van der Waals surface area contributed by atoms with Crippen LogP contribution in [0.4, 0.5) is 4.79 Å². The molecule has 1 atom stereocenters. The van der Waals surface area contributed by atoms with E-state index < -0.39 is 6.04 Å². The van der Waals surface area contributed by atoms with Gasteiger partial charge in [0.15, 0.2) is 11.5 Å². The Bertz CT molecular complexity index is 1260. The zero-order chi connectivity index (χ0) is 24.4. The van der Waals surface area contributed by atoms with Crippen molar-refractivity contribution >= 4 is 23.2 Å². The summed E-state index contributed by atoms with van der Waals surface area (Å²) in [5.74, 6) is 2.04. The van der Waals surface area contributed by atoms with E-state index in [1.807, 2.05) is 44.2 Å². The second-order valence-corrected chi connectivity index (χ2v) is 8.56. The number of nitrogens with one attached hydrogen (secondary N) is 1. The average molecular weight is 497 g/mol. The van der Waals surface area contributed by atoms with Crippen molar-refractivity contribution in [3.8, 4) is 22.9 Å². The smallest absolute Gasteiger partial charge is 0.322 e. The van der Waals surface area contributed by atoms with Gasteiger partial charge >= 0.3 is 6.03 Å². The maximum absolute atomic E-state index is 13.1. The molecule has 3 heterocycles. The van der Waals surface area contributed by atoms with Crippen LogP contribution in [-0.4, -0.2) is 47.6 Å². The number of rotatable bonds is 8. The van der Waals surface area contributed by atoms with Crippen LogP contribution in [0.15, 0.2) is 52.7 Å². The van der Waals surface area contributed by atoms with Gasteiger partial charge in [0, 0.05) is 36.0 Å². The molecule has 10 heteroatoms. The largest absolute Gasteiger partial charge is 0.454 e. The minimum Gasteiger partial charge on any atom is -0.454 e. The second kappa shape index (κ2) is 9.97. The predicted molar refractivity (Wildman–Crippen MR) is 129 cm³/mol. The summed E-state index contributed by atoms with van der Waals surface area (Å²) in [6, 6.07) is 12.1. The minimum atomic E-state index is -0.479. The van der Waals surface area contributed by atoms with E-state index >= 15 is 0 Å². The van der Waals surface area contributed by atoms with Crippen molar-refractivity contribution in [1.82, 2.24) is 20.4 Å².